The molecule has 0 rings (SSSR count). The Bertz CT molecular complexity index is 156. The first kappa shape index (κ1) is 10.1. The molecule has 0 saturated carbocycles. The molecule has 1 atom stereocenters. The Labute approximate surface area is 65.6 Å². The van der Waals surface area contributed by atoms with E-state index in [0.29, 0.717) is 6.42 Å². The first-order valence-electron chi connectivity index (χ1n) is 3.52. The summed E-state index contributed by atoms with van der Waals surface area (Å²) in [6, 6.07) is -0.725. The molecule has 0 aliphatic heterocycles. The molecule has 0 unspecified atom stereocenters. The van der Waals surface area contributed by atoms with Gasteiger partial charge in [-0.1, -0.05) is 6.92 Å². The highest BCUT2D eigenvalue weighted by molar-refractivity contribution is 5.88. The largest absolute Gasteiger partial charge is 0.394 e. The zero-order chi connectivity index (χ0) is 8.85. The Morgan fingerprint density at radius 2 is 2.09 bits per heavy atom. The van der Waals surface area contributed by atoms with E-state index in [2.05, 4.69) is 5.32 Å². The summed E-state index contributed by atoms with van der Waals surface area (Å²) in [7, 11) is 0. The van der Waals surface area contributed by atoms with Crippen LogP contribution in [0.5, 0.6) is 0 Å². The van der Waals surface area contributed by atoms with Gasteiger partial charge in [-0.25, -0.2) is 0 Å². The van der Waals surface area contributed by atoms with Gasteiger partial charge < -0.3 is 10.4 Å². The lowest BCUT2D eigenvalue weighted by Crippen LogP contribution is -2.42. The molecule has 1 amide bonds. The highest BCUT2D eigenvalue weighted by atomic mass is 16.3. The Morgan fingerprint density at radius 1 is 1.55 bits per heavy atom. The van der Waals surface area contributed by atoms with Gasteiger partial charge in [0.15, 0.2) is 5.78 Å². The lowest BCUT2D eigenvalue weighted by molar-refractivity contribution is -0.127. The number of ketones is 1. The summed E-state index contributed by atoms with van der Waals surface area (Å²) in [5, 5.41) is 11.0. The van der Waals surface area contributed by atoms with Gasteiger partial charge in [0, 0.05) is 13.3 Å². The number of hydrogen-bond acceptors (Lipinski definition) is 3. The van der Waals surface area contributed by atoms with Crippen molar-refractivity contribution in [1.29, 1.82) is 0 Å². The van der Waals surface area contributed by atoms with Gasteiger partial charge in [-0.2, -0.15) is 0 Å². The monoisotopic (exact) mass is 159 g/mol. The van der Waals surface area contributed by atoms with Crippen molar-refractivity contribution < 1.29 is 14.7 Å². The summed E-state index contributed by atoms with van der Waals surface area (Å²) in [4.78, 5) is 21.4. The molecule has 0 aliphatic rings. The number of hydrogen-bond donors (Lipinski definition) is 2. The molecule has 0 spiro atoms. The van der Waals surface area contributed by atoms with E-state index in [0.717, 1.165) is 0 Å². The van der Waals surface area contributed by atoms with Crippen LogP contribution in [0.2, 0.25) is 0 Å². The normalized spacial score (nSPS) is 12.3. The van der Waals surface area contributed by atoms with E-state index in [4.69, 9.17) is 5.11 Å². The van der Waals surface area contributed by atoms with Gasteiger partial charge in [0.05, 0.1) is 6.61 Å². The fourth-order valence-electron chi connectivity index (χ4n) is 0.720. The number of rotatable bonds is 4. The zero-order valence-corrected chi connectivity index (χ0v) is 6.76. The minimum absolute atomic E-state index is 0.150. The Morgan fingerprint density at radius 3 is 2.36 bits per heavy atom. The molecule has 0 saturated heterocycles. The maximum atomic E-state index is 10.9. The van der Waals surface area contributed by atoms with Crippen LogP contribution in [0.25, 0.3) is 0 Å². The van der Waals surface area contributed by atoms with Crippen LogP contribution in [0.15, 0.2) is 0 Å². The molecule has 4 heteroatoms. The van der Waals surface area contributed by atoms with Gasteiger partial charge >= 0.3 is 0 Å². The van der Waals surface area contributed by atoms with E-state index < -0.39 is 6.04 Å². The molecular formula is C7H13NO3. The molecule has 64 valence electrons. The molecule has 0 aliphatic carbocycles. The van der Waals surface area contributed by atoms with Gasteiger partial charge in [0.2, 0.25) is 5.91 Å². The summed E-state index contributed by atoms with van der Waals surface area (Å²) in [6.07, 6.45) is 0.325. The van der Waals surface area contributed by atoms with Crippen molar-refractivity contribution in [1.82, 2.24) is 5.32 Å². The van der Waals surface area contributed by atoms with Gasteiger partial charge in [-0.3, -0.25) is 9.59 Å². The number of Topliss-reactive ketones (excluding diaryl/α,β-unsaturated/α-hetero) is 1. The first-order chi connectivity index (χ1) is 5.11. The average Bonchev–Trinajstić information content (AvgIpc) is 1.98. The van der Waals surface area contributed by atoms with Gasteiger partial charge in [0.1, 0.15) is 6.04 Å². The molecule has 0 aromatic rings. The van der Waals surface area contributed by atoms with Crippen molar-refractivity contribution >= 4 is 11.7 Å². The van der Waals surface area contributed by atoms with Crippen LogP contribution in [0, 0.1) is 0 Å². The van der Waals surface area contributed by atoms with Crippen LogP contribution in [-0.4, -0.2) is 29.4 Å². The minimum Gasteiger partial charge on any atom is -0.394 e. The fourth-order valence-corrected chi connectivity index (χ4v) is 0.720. The van der Waals surface area contributed by atoms with Crippen molar-refractivity contribution in [2.24, 2.45) is 0 Å². The molecular weight excluding hydrogens is 146 g/mol. The number of aliphatic hydroxyl groups is 1. The van der Waals surface area contributed by atoms with Crippen molar-refractivity contribution in [2.75, 3.05) is 6.61 Å². The number of aliphatic hydroxyl groups excluding tert-OH is 1. The van der Waals surface area contributed by atoms with Crippen LogP contribution in [0.4, 0.5) is 0 Å². The number of carbonyl (C=O) groups excluding carboxylic acids is 2. The molecule has 0 aromatic carbocycles. The molecule has 2 N–H and O–H groups in total. The molecule has 0 heterocycles. The number of carbonyl (C=O) groups is 2. The van der Waals surface area contributed by atoms with Crippen LogP contribution < -0.4 is 5.32 Å². The Hall–Kier alpha value is -0.900. The third-order valence-corrected chi connectivity index (χ3v) is 1.30. The number of nitrogens with one attached hydrogen (secondary N) is 1. The maximum absolute atomic E-state index is 10.9. The second-order valence-corrected chi connectivity index (χ2v) is 2.26. The van der Waals surface area contributed by atoms with Crippen LogP contribution in [0.3, 0.4) is 0 Å². The second-order valence-electron chi connectivity index (χ2n) is 2.26. The lowest BCUT2D eigenvalue weighted by atomic mass is 10.1. The molecule has 0 bridgehead atoms. The van der Waals surface area contributed by atoms with Crippen LogP contribution in [-0.2, 0) is 9.59 Å². The van der Waals surface area contributed by atoms with E-state index in [9.17, 15) is 9.59 Å². The molecule has 0 radical (unpaired) electrons. The van der Waals surface area contributed by atoms with Gasteiger partial charge in [0.25, 0.3) is 0 Å². The van der Waals surface area contributed by atoms with Crippen molar-refractivity contribution in [2.45, 2.75) is 26.3 Å². The van der Waals surface area contributed by atoms with E-state index in [1.165, 1.54) is 6.92 Å². The summed E-state index contributed by atoms with van der Waals surface area (Å²) in [6.45, 7) is 2.67. The fraction of sp³-hybridized carbons (Fsp3) is 0.714. The van der Waals surface area contributed by atoms with Gasteiger partial charge in [-0.05, 0) is 0 Å². The smallest absolute Gasteiger partial charge is 0.217 e. The van der Waals surface area contributed by atoms with E-state index in [-0.39, 0.29) is 18.3 Å². The maximum Gasteiger partial charge on any atom is 0.217 e. The average molecular weight is 159 g/mol. The molecule has 0 fully saturated rings. The number of amides is 1. The summed E-state index contributed by atoms with van der Waals surface area (Å²) in [5.74, 6) is -0.450. The minimum atomic E-state index is -0.725. The second kappa shape index (κ2) is 4.85. The Kier molecular flexibility index (Phi) is 4.45. The van der Waals surface area contributed by atoms with Crippen molar-refractivity contribution in [3.63, 3.8) is 0 Å². The van der Waals surface area contributed by atoms with E-state index in [1.807, 2.05) is 0 Å². The molecule has 4 nitrogen and oxygen atoms in total. The predicted octanol–water partition coefficient (Wildman–Crippen LogP) is -0.538. The summed E-state index contributed by atoms with van der Waals surface area (Å²) in [5.41, 5.74) is 0. The van der Waals surface area contributed by atoms with E-state index >= 15 is 0 Å². The third-order valence-electron chi connectivity index (χ3n) is 1.30. The highest BCUT2D eigenvalue weighted by Gasteiger charge is 2.15. The summed E-state index contributed by atoms with van der Waals surface area (Å²) < 4.78 is 0. The first-order valence-corrected chi connectivity index (χ1v) is 3.52. The standard InChI is InChI=1S/C7H13NO3/c1-3-7(11)6(4-9)8-5(2)10/h6,9H,3-4H2,1-2H3,(H,8,10)/t6-/m0/s1. The molecule has 0 aromatic heterocycles. The summed E-state index contributed by atoms with van der Waals surface area (Å²) >= 11 is 0. The third kappa shape index (κ3) is 3.72. The quantitative estimate of drug-likeness (QED) is 0.579. The van der Waals surface area contributed by atoms with Crippen LogP contribution >= 0.6 is 0 Å². The topological polar surface area (TPSA) is 66.4 Å². The van der Waals surface area contributed by atoms with Gasteiger partial charge in [-0.15, -0.1) is 0 Å². The lowest BCUT2D eigenvalue weighted by Gasteiger charge is -2.11. The zero-order valence-electron chi connectivity index (χ0n) is 6.76. The van der Waals surface area contributed by atoms with E-state index in [1.54, 1.807) is 6.92 Å². The highest BCUT2D eigenvalue weighted by Crippen LogP contribution is 1.89. The predicted molar refractivity (Wildman–Crippen MR) is 40.0 cm³/mol. The Balaban J connectivity index is 3.94. The SMILES string of the molecule is CCC(=O)[C@H](CO)NC(C)=O. The van der Waals surface area contributed by atoms with Crippen LogP contribution in [0.1, 0.15) is 20.3 Å². The molecule has 11 heavy (non-hydrogen) atoms. The van der Waals surface area contributed by atoms with Crippen molar-refractivity contribution in [3.8, 4) is 0 Å². The van der Waals surface area contributed by atoms with Crippen molar-refractivity contribution in [3.05, 3.63) is 0 Å².